The summed E-state index contributed by atoms with van der Waals surface area (Å²) in [5.74, 6) is 1.72. The van der Waals surface area contributed by atoms with Gasteiger partial charge in [0.25, 0.3) is 0 Å². The topological polar surface area (TPSA) is 0 Å². The van der Waals surface area contributed by atoms with Crippen molar-refractivity contribution in [2.24, 2.45) is 11.8 Å². The molecule has 1 aliphatic rings. The fraction of sp³-hybridized carbons (Fsp3) is 0.778. The van der Waals surface area contributed by atoms with Crippen molar-refractivity contribution in [2.75, 3.05) is 0 Å². The van der Waals surface area contributed by atoms with Crippen LogP contribution >= 0.6 is 0 Å². The molecule has 0 N–H and O–H groups in total. The molecule has 0 heterocycles. The number of rotatable bonds is 1. The molecule has 52 valence electrons. The molecule has 0 amide bonds. The van der Waals surface area contributed by atoms with E-state index in [1.165, 1.54) is 25.7 Å². The lowest BCUT2D eigenvalue weighted by Crippen LogP contribution is -2.13. The zero-order valence-corrected chi connectivity index (χ0v) is 6.27. The third kappa shape index (κ3) is 1.57. The molecule has 1 saturated carbocycles. The van der Waals surface area contributed by atoms with E-state index >= 15 is 0 Å². The fourth-order valence-corrected chi connectivity index (χ4v) is 1.70. The van der Waals surface area contributed by atoms with Crippen LogP contribution in [0.4, 0.5) is 0 Å². The Balaban J connectivity index is 2.38. The van der Waals surface area contributed by atoms with Crippen LogP contribution in [0.5, 0.6) is 0 Å². The first-order valence-corrected chi connectivity index (χ1v) is 3.97. The van der Waals surface area contributed by atoms with Gasteiger partial charge in [0.1, 0.15) is 0 Å². The van der Waals surface area contributed by atoms with E-state index in [-0.39, 0.29) is 0 Å². The molecular weight excluding hydrogens is 108 g/mol. The van der Waals surface area contributed by atoms with Gasteiger partial charge in [-0.25, -0.2) is 0 Å². The van der Waals surface area contributed by atoms with E-state index in [4.69, 9.17) is 0 Å². The Labute approximate surface area is 58.0 Å². The Hall–Kier alpha value is -0.260. The minimum atomic E-state index is 0.818. The van der Waals surface area contributed by atoms with Crippen molar-refractivity contribution < 1.29 is 0 Å². The molecule has 0 saturated heterocycles. The van der Waals surface area contributed by atoms with Crippen LogP contribution in [0.15, 0.2) is 12.7 Å². The maximum Gasteiger partial charge on any atom is -0.0210 e. The lowest BCUT2D eigenvalue weighted by molar-refractivity contribution is 0.307. The largest absolute Gasteiger partial charge is 0.103 e. The molecule has 1 fully saturated rings. The molecule has 0 aliphatic heterocycles. The van der Waals surface area contributed by atoms with Gasteiger partial charge >= 0.3 is 0 Å². The number of allylic oxidation sites excluding steroid dienone is 1. The summed E-state index contributed by atoms with van der Waals surface area (Å²) in [6, 6.07) is 0. The third-order valence-corrected chi connectivity index (χ3v) is 2.48. The molecule has 0 unspecified atom stereocenters. The van der Waals surface area contributed by atoms with Gasteiger partial charge < -0.3 is 0 Å². The standard InChI is InChI=1S/C9H16/c1-3-9-7-5-4-6-8(9)2/h3,8-9H,1,4-7H2,2H3/t8-,9-/m0/s1. The van der Waals surface area contributed by atoms with Crippen LogP contribution in [-0.4, -0.2) is 0 Å². The zero-order chi connectivity index (χ0) is 6.69. The molecule has 1 aliphatic carbocycles. The van der Waals surface area contributed by atoms with Crippen LogP contribution in [0.3, 0.4) is 0 Å². The van der Waals surface area contributed by atoms with E-state index in [1.54, 1.807) is 0 Å². The van der Waals surface area contributed by atoms with E-state index in [2.05, 4.69) is 19.6 Å². The van der Waals surface area contributed by atoms with Crippen molar-refractivity contribution in [2.45, 2.75) is 32.6 Å². The van der Waals surface area contributed by atoms with Crippen LogP contribution in [-0.2, 0) is 0 Å². The maximum absolute atomic E-state index is 3.83. The molecule has 0 bridgehead atoms. The van der Waals surface area contributed by atoms with Gasteiger partial charge in [-0.05, 0) is 18.3 Å². The Kier molecular flexibility index (Phi) is 2.32. The summed E-state index contributed by atoms with van der Waals surface area (Å²) in [6.07, 6.45) is 7.78. The molecule has 1 rings (SSSR count). The lowest BCUT2D eigenvalue weighted by atomic mass is 9.81. The normalized spacial score (nSPS) is 36.1. The monoisotopic (exact) mass is 124 g/mol. The number of hydrogen-bond acceptors (Lipinski definition) is 0. The van der Waals surface area contributed by atoms with Gasteiger partial charge in [0.05, 0.1) is 0 Å². The number of hydrogen-bond donors (Lipinski definition) is 0. The molecule has 0 spiro atoms. The van der Waals surface area contributed by atoms with Gasteiger partial charge in [-0.3, -0.25) is 0 Å². The van der Waals surface area contributed by atoms with E-state index in [0.29, 0.717) is 0 Å². The van der Waals surface area contributed by atoms with E-state index in [0.717, 1.165) is 11.8 Å². The van der Waals surface area contributed by atoms with Crippen molar-refractivity contribution in [3.8, 4) is 0 Å². The predicted molar refractivity (Wildman–Crippen MR) is 41.3 cm³/mol. The second-order valence-corrected chi connectivity index (χ2v) is 3.16. The van der Waals surface area contributed by atoms with Crippen molar-refractivity contribution in [3.63, 3.8) is 0 Å². The molecule has 0 radical (unpaired) electrons. The highest BCUT2D eigenvalue weighted by Crippen LogP contribution is 2.29. The first-order valence-electron chi connectivity index (χ1n) is 3.97. The summed E-state index contributed by atoms with van der Waals surface area (Å²) >= 11 is 0. The van der Waals surface area contributed by atoms with Crippen LogP contribution in [0.1, 0.15) is 32.6 Å². The molecule has 9 heavy (non-hydrogen) atoms. The Morgan fingerprint density at radius 3 is 2.44 bits per heavy atom. The first kappa shape index (κ1) is 6.85. The molecular formula is C9H16. The minimum absolute atomic E-state index is 0.818. The summed E-state index contributed by atoms with van der Waals surface area (Å²) in [5.41, 5.74) is 0. The summed E-state index contributed by atoms with van der Waals surface area (Å²) in [7, 11) is 0. The molecule has 0 nitrogen and oxygen atoms in total. The first-order chi connectivity index (χ1) is 4.34. The highest BCUT2D eigenvalue weighted by Gasteiger charge is 2.17. The van der Waals surface area contributed by atoms with E-state index in [1.807, 2.05) is 0 Å². The van der Waals surface area contributed by atoms with Crippen LogP contribution in [0.25, 0.3) is 0 Å². The highest BCUT2D eigenvalue weighted by molar-refractivity contribution is 4.85. The average Bonchev–Trinajstić information content (AvgIpc) is 1.89. The zero-order valence-electron chi connectivity index (χ0n) is 6.27. The van der Waals surface area contributed by atoms with Gasteiger partial charge in [0, 0.05) is 0 Å². The SMILES string of the molecule is C=C[C@H]1CCCC[C@@H]1C. The van der Waals surface area contributed by atoms with Gasteiger partial charge in [0.2, 0.25) is 0 Å². The average molecular weight is 124 g/mol. The van der Waals surface area contributed by atoms with Gasteiger partial charge in [0.15, 0.2) is 0 Å². The molecule has 0 heteroatoms. The van der Waals surface area contributed by atoms with Gasteiger partial charge in [-0.15, -0.1) is 6.58 Å². The van der Waals surface area contributed by atoms with Gasteiger partial charge in [-0.1, -0.05) is 32.3 Å². The smallest absolute Gasteiger partial charge is 0.0210 e. The van der Waals surface area contributed by atoms with Crippen molar-refractivity contribution in [3.05, 3.63) is 12.7 Å². The molecule has 0 aromatic rings. The Morgan fingerprint density at radius 2 is 2.00 bits per heavy atom. The van der Waals surface area contributed by atoms with Crippen LogP contribution in [0.2, 0.25) is 0 Å². The van der Waals surface area contributed by atoms with Crippen molar-refractivity contribution in [1.29, 1.82) is 0 Å². The summed E-state index contributed by atoms with van der Waals surface area (Å²) in [5, 5.41) is 0. The Morgan fingerprint density at radius 1 is 1.33 bits per heavy atom. The Bertz CT molecular complexity index is 94.2. The quantitative estimate of drug-likeness (QED) is 0.471. The van der Waals surface area contributed by atoms with Crippen LogP contribution in [0, 0.1) is 11.8 Å². The predicted octanol–water partition coefficient (Wildman–Crippen LogP) is 3.00. The highest BCUT2D eigenvalue weighted by atomic mass is 14.2. The van der Waals surface area contributed by atoms with Crippen molar-refractivity contribution in [1.82, 2.24) is 0 Å². The summed E-state index contributed by atoms with van der Waals surface area (Å²) < 4.78 is 0. The minimum Gasteiger partial charge on any atom is -0.103 e. The summed E-state index contributed by atoms with van der Waals surface area (Å²) in [6.45, 7) is 6.17. The third-order valence-electron chi connectivity index (χ3n) is 2.48. The molecule has 2 atom stereocenters. The lowest BCUT2D eigenvalue weighted by Gasteiger charge is -2.25. The van der Waals surface area contributed by atoms with E-state index < -0.39 is 0 Å². The van der Waals surface area contributed by atoms with Gasteiger partial charge in [-0.2, -0.15) is 0 Å². The second kappa shape index (κ2) is 3.05. The fourth-order valence-electron chi connectivity index (χ4n) is 1.70. The maximum atomic E-state index is 3.83. The molecule has 0 aromatic heterocycles. The van der Waals surface area contributed by atoms with Crippen LogP contribution < -0.4 is 0 Å². The molecule has 0 aromatic carbocycles. The summed E-state index contributed by atoms with van der Waals surface area (Å²) in [4.78, 5) is 0. The van der Waals surface area contributed by atoms with Crippen molar-refractivity contribution >= 4 is 0 Å². The van der Waals surface area contributed by atoms with E-state index in [9.17, 15) is 0 Å². The second-order valence-electron chi connectivity index (χ2n) is 3.16.